The number of aromatic nitrogens is 1. The Kier molecular flexibility index (Phi) is 6.39. The molecule has 5 heteroatoms. The molecule has 8 aromatic carbocycles. The molecule has 11 rings (SSSR count). The summed E-state index contributed by atoms with van der Waals surface area (Å²) in [4.78, 5) is 7.24. The number of oxazole rings is 1. The first-order valence-corrected chi connectivity index (χ1v) is 18.2. The van der Waals surface area contributed by atoms with Crippen LogP contribution < -0.4 is 4.90 Å². The summed E-state index contributed by atoms with van der Waals surface area (Å²) < 4.78 is 15.6. The van der Waals surface area contributed by atoms with Crippen LogP contribution in [0.3, 0.4) is 0 Å². The molecule has 0 aliphatic rings. The van der Waals surface area contributed by atoms with Crippen molar-refractivity contribution in [2.24, 2.45) is 0 Å². The summed E-state index contributed by atoms with van der Waals surface area (Å²) in [5.41, 5.74) is 9.56. The van der Waals surface area contributed by atoms with E-state index in [2.05, 4.69) is 157 Å². The summed E-state index contributed by atoms with van der Waals surface area (Å²) >= 11 is 1.79. The zero-order valence-corrected chi connectivity index (χ0v) is 28.6. The molecule has 52 heavy (non-hydrogen) atoms. The van der Waals surface area contributed by atoms with Crippen LogP contribution in [0.2, 0.25) is 0 Å². The summed E-state index contributed by atoms with van der Waals surface area (Å²) in [7, 11) is 0. The molecule has 0 radical (unpaired) electrons. The Morgan fingerprint density at radius 3 is 2.04 bits per heavy atom. The maximum absolute atomic E-state index is 6.58. The zero-order chi connectivity index (χ0) is 34.2. The van der Waals surface area contributed by atoms with Gasteiger partial charge in [-0.1, -0.05) is 97.1 Å². The van der Waals surface area contributed by atoms with Gasteiger partial charge in [0.25, 0.3) is 0 Å². The van der Waals surface area contributed by atoms with E-state index in [9.17, 15) is 0 Å². The van der Waals surface area contributed by atoms with Crippen molar-refractivity contribution in [1.82, 2.24) is 4.98 Å². The van der Waals surface area contributed by atoms with Crippen LogP contribution in [0.25, 0.3) is 86.6 Å². The number of nitrogens with zero attached hydrogens (tertiary/aromatic N) is 2. The van der Waals surface area contributed by atoms with Gasteiger partial charge in [-0.25, -0.2) is 4.98 Å². The lowest BCUT2D eigenvalue weighted by molar-refractivity contribution is 0.622. The van der Waals surface area contributed by atoms with Gasteiger partial charge in [0.15, 0.2) is 5.58 Å². The monoisotopic (exact) mass is 684 g/mol. The standard InChI is InChI=1S/C47H28N2O2S/c1-2-8-29(9-3-1)31-14-18-34(19-15-31)49(35-20-16-30-10-4-5-11-32(30)26-35)36-21-23-39-42(28-36)50-41-25-24-40-46(45(39)41)51-47(48-40)33-17-22-38-37-12-6-7-13-43(37)52-44(38)27-33/h1-28H. The minimum atomic E-state index is 0.606. The second-order valence-corrected chi connectivity index (χ2v) is 14.3. The quantitative estimate of drug-likeness (QED) is 0.181. The fourth-order valence-electron chi connectivity index (χ4n) is 7.55. The van der Waals surface area contributed by atoms with E-state index in [-0.39, 0.29) is 0 Å². The SMILES string of the molecule is c1ccc(-c2ccc(N(c3ccc4ccccc4c3)c3ccc4c(c3)oc3ccc5nc(-c6ccc7c(c6)sc6ccccc67)oc5c34)cc2)cc1. The Morgan fingerprint density at radius 2 is 1.13 bits per heavy atom. The molecule has 0 saturated carbocycles. The highest BCUT2D eigenvalue weighted by Gasteiger charge is 2.20. The highest BCUT2D eigenvalue weighted by atomic mass is 32.1. The fourth-order valence-corrected chi connectivity index (χ4v) is 8.70. The first-order valence-electron chi connectivity index (χ1n) is 17.4. The molecule has 3 aromatic heterocycles. The largest absolute Gasteiger partial charge is 0.456 e. The molecule has 244 valence electrons. The first-order chi connectivity index (χ1) is 25.7. The van der Waals surface area contributed by atoms with Crippen molar-refractivity contribution in [3.63, 3.8) is 0 Å². The molecule has 0 spiro atoms. The van der Waals surface area contributed by atoms with Crippen LogP contribution in [0.15, 0.2) is 179 Å². The van der Waals surface area contributed by atoms with Gasteiger partial charge in [-0.2, -0.15) is 0 Å². The Hall–Kier alpha value is -6.69. The van der Waals surface area contributed by atoms with Crippen LogP contribution in [-0.4, -0.2) is 4.98 Å². The highest BCUT2D eigenvalue weighted by molar-refractivity contribution is 7.25. The molecule has 0 aliphatic heterocycles. The van der Waals surface area contributed by atoms with Gasteiger partial charge >= 0.3 is 0 Å². The van der Waals surface area contributed by atoms with Crippen LogP contribution in [0.4, 0.5) is 17.1 Å². The molecule has 4 nitrogen and oxygen atoms in total. The van der Waals surface area contributed by atoms with Gasteiger partial charge in [-0.15, -0.1) is 11.3 Å². The van der Waals surface area contributed by atoms with E-state index in [1.807, 2.05) is 18.2 Å². The Bertz CT molecular complexity index is 3140. The third-order valence-electron chi connectivity index (χ3n) is 10.1. The van der Waals surface area contributed by atoms with Crippen LogP contribution in [-0.2, 0) is 0 Å². The van der Waals surface area contributed by atoms with Crippen molar-refractivity contribution >= 4 is 92.4 Å². The molecule has 11 aromatic rings. The maximum atomic E-state index is 6.58. The van der Waals surface area contributed by atoms with Crippen molar-refractivity contribution in [2.45, 2.75) is 0 Å². The number of hydrogen-bond donors (Lipinski definition) is 0. The van der Waals surface area contributed by atoms with Gasteiger partial charge in [0.05, 0.1) is 5.39 Å². The molecule has 3 heterocycles. The molecule has 0 N–H and O–H groups in total. The number of hydrogen-bond acceptors (Lipinski definition) is 5. The van der Waals surface area contributed by atoms with Crippen LogP contribution in [0.1, 0.15) is 0 Å². The minimum absolute atomic E-state index is 0.606. The van der Waals surface area contributed by atoms with Gasteiger partial charge in [-0.3, -0.25) is 0 Å². The first kappa shape index (κ1) is 29.1. The number of thiophene rings is 1. The smallest absolute Gasteiger partial charge is 0.227 e. The van der Waals surface area contributed by atoms with Gasteiger partial charge in [0.2, 0.25) is 5.89 Å². The molecule has 0 bridgehead atoms. The Labute approximate surface area is 302 Å². The zero-order valence-electron chi connectivity index (χ0n) is 27.8. The topological polar surface area (TPSA) is 42.4 Å². The third-order valence-corrected chi connectivity index (χ3v) is 11.2. The summed E-state index contributed by atoms with van der Waals surface area (Å²) in [5, 5.41) is 6.85. The number of benzene rings is 8. The lowest BCUT2D eigenvalue weighted by Gasteiger charge is -2.26. The van der Waals surface area contributed by atoms with Crippen molar-refractivity contribution in [1.29, 1.82) is 0 Å². The van der Waals surface area contributed by atoms with Gasteiger partial charge < -0.3 is 13.7 Å². The number of rotatable bonds is 5. The van der Waals surface area contributed by atoms with Gasteiger partial charge in [-0.05, 0) is 88.6 Å². The highest BCUT2D eigenvalue weighted by Crippen LogP contribution is 2.43. The summed E-state index contributed by atoms with van der Waals surface area (Å²) in [6, 6.07) is 59.8. The second-order valence-electron chi connectivity index (χ2n) is 13.2. The lowest BCUT2D eigenvalue weighted by atomic mass is 10.0. The van der Waals surface area contributed by atoms with E-state index in [0.717, 1.165) is 55.7 Å². The molecular formula is C47H28N2O2S. The molecule has 0 unspecified atom stereocenters. The van der Waals surface area contributed by atoms with Crippen molar-refractivity contribution in [3.8, 4) is 22.6 Å². The molecule has 0 fully saturated rings. The van der Waals surface area contributed by atoms with E-state index in [0.29, 0.717) is 5.89 Å². The van der Waals surface area contributed by atoms with Crippen molar-refractivity contribution in [2.75, 3.05) is 4.90 Å². The Balaban J connectivity index is 1.03. The molecule has 0 aliphatic carbocycles. The number of furan rings is 1. The Morgan fingerprint density at radius 1 is 0.442 bits per heavy atom. The molecule has 0 atom stereocenters. The summed E-state index contributed by atoms with van der Waals surface area (Å²) in [5.74, 6) is 0.606. The van der Waals surface area contributed by atoms with Crippen LogP contribution in [0.5, 0.6) is 0 Å². The van der Waals surface area contributed by atoms with Crippen molar-refractivity contribution < 1.29 is 8.83 Å². The maximum Gasteiger partial charge on any atom is 0.227 e. The normalized spacial score (nSPS) is 11.8. The van der Waals surface area contributed by atoms with Crippen molar-refractivity contribution in [3.05, 3.63) is 170 Å². The summed E-state index contributed by atoms with van der Waals surface area (Å²) in [6.45, 7) is 0. The molecule has 0 amide bonds. The van der Waals surface area contributed by atoms with Crippen LogP contribution in [0, 0.1) is 0 Å². The van der Waals surface area contributed by atoms with E-state index in [4.69, 9.17) is 13.8 Å². The lowest BCUT2D eigenvalue weighted by Crippen LogP contribution is -2.09. The molecular weight excluding hydrogens is 657 g/mol. The van der Waals surface area contributed by atoms with Crippen LogP contribution >= 0.6 is 11.3 Å². The number of fused-ring (bicyclic) bond motifs is 9. The van der Waals surface area contributed by atoms with E-state index in [1.54, 1.807) is 11.3 Å². The predicted octanol–water partition coefficient (Wildman–Crippen LogP) is 14.1. The van der Waals surface area contributed by atoms with Gasteiger partial charge in [0, 0.05) is 54.3 Å². The van der Waals surface area contributed by atoms with Gasteiger partial charge in [0.1, 0.15) is 16.7 Å². The fraction of sp³-hybridized carbons (Fsp3) is 0. The minimum Gasteiger partial charge on any atom is -0.456 e. The number of anilines is 3. The summed E-state index contributed by atoms with van der Waals surface area (Å²) in [6.07, 6.45) is 0. The average Bonchev–Trinajstić information content (AvgIpc) is 3.91. The average molecular weight is 685 g/mol. The molecule has 0 saturated heterocycles. The van der Waals surface area contributed by atoms with E-state index < -0.39 is 0 Å². The predicted molar refractivity (Wildman–Crippen MR) is 217 cm³/mol. The van der Waals surface area contributed by atoms with E-state index in [1.165, 1.54) is 42.1 Å². The second kappa shape index (κ2) is 11.4. The third kappa shape index (κ3) is 4.64. The van der Waals surface area contributed by atoms with E-state index >= 15 is 0 Å².